The fourth-order valence-electron chi connectivity index (χ4n) is 1.89. The zero-order valence-corrected chi connectivity index (χ0v) is 9.47. The average Bonchev–Trinajstić information content (AvgIpc) is 2.99. The van der Waals surface area contributed by atoms with Gasteiger partial charge in [-0.05, 0) is 37.3 Å². The molecule has 3 rings (SSSR count). The van der Waals surface area contributed by atoms with Crippen LogP contribution in [-0.2, 0) is 0 Å². The van der Waals surface area contributed by atoms with Gasteiger partial charge in [-0.25, -0.2) is 0 Å². The number of fused-ring (bicyclic) bond motifs is 1. The maximum atomic E-state index is 5.36. The minimum atomic E-state index is 0.148. The Morgan fingerprint density at radius 1 is 1.35 bits per heavy atom. The Hall–Kier alpha value is -2.23. The lowest BCUT2D eigenvalue weighted by Gasteiger charge is -2.12. The molecule has 0 amide bonds. The highest BCUT2D eigenvalue weighted by molar-refractivity contribution is 5.81. The van der Waals surface area contributed by atoms with Crippen molar-refractivity contribution in [2.24, 2.45) is 0 Å². The van der Waals surface area contributed by atoms with Crippen molar-refractivity contribution in [3.63, 3.8) is 0 Å². The van der Waals surface area contributed by atoms with Gasteiger partial charge in [0.15, 0.2) is 0 Å². The Bertz CT molecular complexity index is 612. The number of hydrogen-bond donors (Lipinski definition) is 2. The Balaban J connectivity index is 1.84. The first kappa shape index (κ1) is 9.96. The predicted octanol–water partition coefficient (Wildman–Crippen LogP) is 3.33. The van der Waals surface area contributed by atoms with Gasteiger partial charge in [-0.15, -0.1) is 0 Å². The summed E-state index contributed by atoms with van der Waals surface area (Å²) in [4.78, 5) is 0. The van der Waals surface area contributed by atoms with Crippen molar-refractivity contribution >= 4 is 16.6 Å². The summed E-state index contributed by atoms with van der Waals surface area (Å²) in [6.45, 7) is 2.07. The van der Waals surface area contributed by atoms with Crippen LogP contribution < -0.4 is 5.32 Å². The molecule has 0 saturated carbocycles. The molecule has 0 fully saturated rings. The molecule has 1 aromatic carbocycles. The largest absolute Gasteiger partial charge is 0.467 e. The number of H-pyrrole nitrogens is 1. The van der Waals surface area contributed by atoms with Gasteiger partial charge >= 0.3 is 0 Å². The Morgan fingerprint density at radius 2 is 2.29 bits per heavy atom. The first-order valence-electron chi connectivity index (χ1n) is 5.56. The summed E-state index contributed by atoms with van der Waals surface area (Å²) in [7, 11) is 0. The summed E-state index contributed by atoms with van der Waals surface area (Å²) in [5, 5.41) is 11.4. The lowest BCUT2D eigenvalue weighted by atomic mass is 10.2. The van der Waals surface area contributed by atoms with Crippen LogP contribution in [-0.4, -0.2) is 10.2 Å². The maximum Gasteiger partial charge on any atom is 0.125 e. The molecule has 0 radical (unpaired) electrons. The van der Waals surface area contributed by atoms with Gasteiger partial charge in [0, 0.05) is 11.1 Å². The second-order valence-corrected chi connectivity index (χ2v) is 4.05. The van der Waals surface area contributed by atoms with E-state index in [4.69, 9.17) is 4.42 Å². The van der Waals surface area contributed by atoms with E-state index in [9.17, 15) is 0 Å². The molecular weight excluding hydrogens is 214 g/mol. The minimum Gasteiger partial charge on any atom is -0.467 e. The van der Waals surface area contributed by atoms with Crippen molar-refractivity contribution in [1.82, 2.24) is 10.2 Å². The number of aromatic amines is 1. The molecule has 0 bridgehead atoms. The van der Waals surface area contributed by atoms with Gasteiger partial charge in [-0.1, -0.05) is 0 Å². The number of nitrogens with zero attached hydrogens (tertiary/aromatic N) is 1. The molecule has 17 heavy (non-hydrogen) atoms. The summed E-state index contributed by atoms with van der Waals surface area (Å²) < 4.78 is 5.36. The van der Waals surface area contributed by atoms with Crippen molar-refractivity contribution in [2.45, 2.75) is 13.0 Å². The summed E-state index contributed by atoms with van der Waals surface area (Å²) in [5.41, 5.74) is 2.10. The molecule has 0 aliphatic rings. The molecule has 2 heterocycles. The van der Waals surface area contributed by atoms with E-state index in [1.807, 2.05) is 30.5 Å². The Labute approximate surface area is 98.6 Å². The smallest absolute Gasteiger partial charge is 0.125 e. The van der Waals surface area contributed by atoms with Crippen LogP contribution in [0.25, 0.3) is 10.9 Å². The van der Waals surface area contributed by atoms with E-state index >= 15 is 0 Å². The first-order chi connectivity index (χ1) is 8.33. The molecule has 2 N–H and O–H groups in total. The second-order valence-electron chi connectivity index (χ2n) is 4.05. The van der Waals surface area contributed by atoms with Crippen molar-refractivity contribution in [3.8, 4) is 0 Å². The zero-order valence-electron chi connectivity index (χ0n) is 9.47. The summed E-state index contributed by atoms with van der Waals surface area (Å²) in [6, 6.07) is 10.1. The Kier molecular flexibility index (Phi) is 2.33. The minimum absolute atomic E-state index is 0.148. The van der Waals surface area contributed by atoms with Crippen LogP contribution in [0.15, 0.2) is 47.2 Å². The highest BCUT2D eigenvalue weighted by Crippen LogP contribution is 2.22. The summed E-state index contributed by atoms with van der Waals surface area (Å²) in [5.74, 6) is 0.928. The van der Waals surface area contributed by atoms with E-state index in [0.717, 1.165) is 22.4 Å². The lowest BCUT2D eigenvalue weighted by Crippen LogP contribution is -2.05. The number of furan rings is 1. The van der Waals surface area contributed by atoms with Crippen molar-refractivity contribution in [3.05, 3.63) is 48.6 Å². The van der Waals surface area contributed by atoms with Gasteiger partial charge in [0.2, 0.25) is 0 Å². The van der Waals surface area contributed by atoms with E-state index < -0.39 is 0 Å². The quantitative estimate of drug-likeness (QED) is 0.721. The molecule has 3 aromatic rings. The number of aromatic nitrogens is 2. The van der Waals surface area contributed by atoms with Crippen LogP contribution in [0, 0.1) is 0 Å². The molecule has 0 aliphatic heterocycles. The molecule has 4 heteroatoms. The van der Waals surface area contributed by atoms with Gasteiger partial charge < -0.3 is 9.73 Å². The van der Waals surface area contributed by atoms with E-state index in [2.05, 4.69) is 28.5 Å². The molecule has 4 nitrogen and oxygen atoms in total. The van der Waals surface area contributed by atoms with Crippen molar-refractivity contribution in [2.75, 3.05) is 5.32 Å². The third-order valence-corrected chi connectivity index (χ3v) is 2.79. The standard InChI is InChI=1S/C13H13N3O/c1-9(13-3-2-6-17-13)15-11-4-5-12-10(7-11)8-14-16-12/h2-9,15H,1H3,(H,14,16). The number of anilines is 1. The van der Waals surface area contributed by atoms with Crippen LogP contribution in [0.1, 0.15) is 18.7 Å². The summed E-state index contributed by atoms with van der Waals surface area (Å²) >= 11 is 0. The molecule has 86 valence electrons. The van der Waals surface area contributed by atoms with Gasteiger partial charge in [-0.3, -0.25) is 5.10 Å². The van der Waals surface area contributed by atoms with E-state index in [1.165, 1.54) is 0 Å². The lowest BCUT2D eigenvalue weighted by molar-refractivity contribution is 0.490. The van der Waals surface area contributed by atoms with Crippen LogP contribution in [0.5, 0.6) is 0 Å². The number of nitrogens with one attached hydrogen (secondary N) is 2. The number of hydrogen-bond acceptors (Lipinski definition) is 3. The summed E-state index contributed by atoms with van der Waals surface area (Å²) in [6.07, 6.45) is 3.50. The van der Waals surface area contributed by atoms with Crippen LogP contribution in [0.3, 0.4) is 0 Å². The monoisotopic (exact) mass is 227 g/mol. The predicted molar refractivity (Wildman–Crippen MR) is 66.8 cm³/mol. The highest BCUT2D eigenvalue weighted by Gasteiger charge is 2.08. The molecule has 0 aliphatic carbocycles. The number of benzene rings is 1. The fraction of sp³-hybridized carbons (Fsp3) is 0.154. The highest BCUT2D eigenvalue weighted by atomic mass is 16.3. The topological polar surface area (TPSA) is 53.9 Å². The Morgan fingerprint density at radius 3 is 3.12 bits per heavy atom. The van der Waals surface area contributed by atoms with Crippen LogP contribution in [0.2, 0.25) is 0 Å². The third kappa shape index (κ3) is 1.89. The van der Waals surface area contributed by atoms with Crippen LogP contribution >= 0.6 is 0 Å². The molecule has 0 saturated heterocycles. The molecule has 2 aromatic heterocycles. The maximum absolute atomic E-state index is 5.36. The number of rotatable bonds is 3. The zero-order chi connectivity index (χ0) is 11.7. The molecule has 1 atom stereocenters. The third-order valence-electron chi connectivity index (χ3n) is 2.79. The SMILES string of the molecule is CC(Nc1ccc2[nH]ncc2c1)c1ccco1. The second kappa shape index (κ2) is 3.97. The van der Waals surface area contributed by atoms with E-state index in [-0.39, 0.29) is 6.04 Å². The van der Waals surface area contributed by atoms with Gasteiger partial charge in [0.1, 0.15) is 5.76 Å². The van der Waals surface area contributed by atoms with E-state index in [0.29, 0.717) is 0 Å². The van der Waals surface area contributed by atoms with Gasteiger partial charge in [0.25, 0.3) is 0 Å². The fourth-order valence-corrected chi connectivity index (χ4v) is 1.89. The van der Waals surface area contributed by atoms with Crippen molar-refractivity contribution in [1.29, 1.82) is 0 Å². The first-order valence-corrected chi connectivity index (χ1v) is 5.56. The molecular formula is C13H13N3O. The van der Waals surface area contributed by atoms with Crippen molar-refractivity contribution < 1.29 is 4.42 Å². The normalized spacial score (nSPS) is 12.8. The molecule has 1 unspecified atom stereocenters. The van der Waals surface area contributed by atoms with Gasteiger partial charge in [0.05, 0.1) is 24.0 Å². The van der Waals surface area contributed by atoms with Crippen LogP contribution in [0.4, 0.5) is 5.69 Å². The van der Waals surface area contributed by atoms with E-state index in [1.54, 1.807) is 6.26 Å². The van der Waals surface area contributed by atoms with Gasteiger partial charge in [-0.2, -0.15) is 5.10 Å². The molecule has 0 spiro atoms. The average molecular weight is 227 g/mol.